The van der Waals surface area contributed by atoms with E-state index in [1.807, 2.05) is 0 Å². The van der Waals surface area contributed by atoms with Crippen LogP contribution in [0.2, 0.25) is 5.02 Å². The molecule has 0 radical (unpaired) electrons. The number of fused-ring (bicyclic) bond motifs is 1. The van der Waals surface area contributed by atoms with E-state index in [-0.39, 0.29) is 41.4 Å². The number of carbonyl (C=O) groups excluding carboxylic acids is 2. The maximum Gasteiger partial charge on any atom is 0.422 e. The lowest BCUT2D eigenvalue weighted by atomic mass is 10.1. The largest absolute Gasteiger partial charge is 0.483 e. The summed E-state index contributed by atoms with van der Waals surface area (Å²) in [5.74, 6) is -0.476. The molecule has 0 saturated heterocycles. The zero-order valence-electron chi connectivity index (χ0n) is 17.7. The van der Waals surface area contributed by atoms with Gasteiger partial charge in [-0.15, -0.1) is 0 Å². The average molecular weight is 495 g/mol. The first kappa shape index (κ1) is 23.6. The molecule has 4 rings (SSSR count). The van der Waals surface area contributed by atoms with E-state index in [9.17, 15) is 22.8 Å². The number of pyridine rings is 1. The zero-order valence-corrected chi connectivity index (χ0v) is 18.5. The molecule has 1 aliphatic rings. The van der Waals surface area contributed by atoms with Gasteiger partial charge in [0.2, 0.25) is 5.91 Å². The summed E-state index contributed by atoms with van der Waals surface area (Å²) in [4.78, 5) is 35.1. The SMILES string of the molecule is CC(c1ccc(OCC(F)(F)F)c(Cl)c1)N1Cc2c(ccnc2NC(=O)Cc2cocn2)C1=O. The van der Waals surface area contributed by atoms with Crippen molar-refractivity contribution < 1.29 is 31.9 Å². The number of carbonyl (C=O) groups is 2. The molecule has 1 aliphatic heterocycles. The number of nitrogens with one attached hydrogen (secondary N) is 1. The van der Waals surface area contributed by atoms with Gasteiger partial charge in [0.15, 0.2) is 13.0 Å². The summed E-state index contributed by atoms with van der Waals surface area (Å²) in [6.45, 7) is 0.480. The number of ether oxygens (including phenoxy) is 1. The van der Waals surface area contributed by atoms with Crippen LogP contribution in [-0.2, 0) is 17.8 Å². The zero-order chi connectivity index (χ0) is 24.5. The Labute approximate surface area is 196 Å². The summed E-state index contributed by atoms with van der Waals surface area (Å²) in [7, 11) is 0. The quantitative estimate of drug-likeness (QED) is 0.517. The Hall–Kier alpha value is -3.60. The van der Waals surface area contributed by atoms with Crippen molar-refractivity contribution in [3.05, 3.63) is 70.5 Å². The van der Waals surface area contributed by atoms with Crippen LogP contribution in [-0.4, -0.2) is 39.5 Å². The smallest absolute Gasteiger partial charge is 0.422 e. The minimum absolute atomic E-state index is 0.000218. The van der Waals surface area contributed by atoms with Crippen molar-refractivity contribution in [2.24, 2.45) is 0 Å². The molecule has 178 valence electrons. The summed E-state index contributed by atoms with van der Waals surface area (Å²) in [6, 6.07) is 5.46. The average Bonchev–Trinajstić information content (AvgIpc) is 3.40. The number of rotatable bonds is 7. The van der Waals surface area contributed by atoms with E-state index in [0.717, 1.165) is 0 Å². The van der Waals surface area contributed by atoms with Gasteiger partial charge in [0, 0.05) is 17.3 Å². The van der Waals surface area contributed by atoms with E-state index in [4.69, 9.17) is 20.8 Å². The molecule has 1 N–H and O–H groups in total. The molecule has 1 atom stereocenters. The van der Waals surface area contributed by atoms with Gasteiger partial charge < -0.3 is 19.4 Å². The fraction of sp³-hybridized carbons (Fsp3) is 0.273. The van der Waals surface area contributed by atoms with Crippen LogP contribution >= 0.6 is 11.6 Å². The number of benzene rings is 1. The maximum absolute atomic E-state index is 13.1. The van der Waals surface area contributed by atoms with Gasteiger partial charge in [0.1, 0.15) is 17.8 Å². The Bertz CT molecular complexity index is 1220. The molecule has 1 aromatic carbocycles. The summed E-state index contributed by atoms with van der Waals surface area (Å²) in [5.41, 5.74) is 2.02. The molecule has 2 amide bonds. The second-order valence-electron chi connectivity index (χ2n) is 7.59. The predicted octanol–water partition coefficient (Wildman–Crippen LogP) is 4.56. The topological polar surface area (TPSA) is 97.6 Å². The molecular formula is C22H18ClF3N4O4. The van der Waals surface area contributed by atoms with Crippen LogP contribution in [0.5, 0.6) is 5.75 Å². The molecule has 34 heavy (non-hydrogen) atoms. The van der Waals surface area contributed by atoms with E-state index in [0.29, 0.717) is 22.4 Å². The second-order valence-corrected chi connectivity index (χ2v) is 8.00. The van der Waals surface area contributed by atoms with Gasteiger partial charge in [-0.2, -0.15) is 13.2 Å². The van der Waals surface area contributed by atoms with E-state index in [1.165, 1.54) is 31.0 Å². The number of alkyl halides is 3. The molecule has 3 aromatic rings. The molecule has 12 heteroatoms. The highest BCUT2D eigenvalue weighted by Crippen LogP contribution is 2.36. The van der Waals surface area contributed by atoms with Crippen molar-refractivity contribution in [2.45, 2.75) is 32.1 Å². The third-order valence-corrected chi connectivity index (χ3v) is 5.55. The number of hydrogen-bond acceptors (Lipinski definition) is 6. The first-order valence-electron chi connectivity index (χ1n) is 10.1. The van der Waals surface area contributed by atoms with Crippen LogP contribution < -0.4 is 10.1 Å². The Morgan fingerprint density at radius 2 is 2.12 bits per heavy atom. The fourth-order valence-corrected chi connectivity index (χ4v) is 3.81. The van der Waals surface area contributed by atoms with Crippen LogP contribution in [0.1, 0.15) is 40.1 Å². The number of amides is 2. The highest BCUT2D eigenvalue weighted by molar-refractivity contribution is 6.32. The molecule has 0 aliphatic carbocycles. The van der Waals surface area contributed by atoms with Crippen molar-refractivity contribution >= 4 is 29.2 Å². The van der Waals surface area contributed by atoms with Gasteiger partial charge >= 0.3 is 6.18 Å². The van der Waals surface area contributed by atoms with Crippen LogP contribution in [0.25, 0.3) is 0 Å². The highest BCUT2D eigenvalue weighted by atomic mass is 35.5. The van der Waals surface area contributed by atoms with Gasteiger partial charge in [-0.1, -0.05) is 17.7 Å². The Balaban J connectivity index is 1.49. The van der Waals surface area contributed by atoms with E-state index >= 15 is 0 Å². The predicted molar refractivity (Wildman–Crippen MR) is 114 cm³/mol. The maximum atomic E-state index is 13.1. The fourth-order valence-electron chi connectivity index (χ4n) is 3.57. The van der Waals surface area contributed by atoms with Crippen LogP contribution in [0.3, 0.4) is 0 Å². The lowest BCUT2D eigenvalue weighted by molar-refractivity contribution is -0.153. The van der Waals surface area contributed by atoms with Crippen molar-refractivity contribution in [1.29, 1.82) is 0 Å². The molecule has 0 fully saturated rings. The van der Waals surface area contributed by atoms with Gasteiger partial charge in [-0.05, 0) is 30.7 Å². The van der Waals surface area contributed by atoms with Crippen molar-refractivity contribution in [3.8, 4) is 5.75 Å². The number of aromatic nitrogens is 2. The number of halogens is 4. The van der Waals surface area contributed by atoms with Crippen molar-refractivity contribution in [1.82, 2.24) is 14.9 Å². The minimum atomic E-state index is -4.49. The van der Waals surface area contributed by atoms with Gasteiger partial charge in [0.05, 0.1) is 29.7 Å². The molecule has 8 nitrogen and oxygen atoms in total. The molecule has 0 spiro atoms. The van der Waals surface area contributed by atoms with Gasteiger partial charge in [0.25, 0.3) is 5.91 Å². The number of oxazole rings is 1. The Morgan fingerprint density at radius 1 is 1.32 bits per heavy atom. The lowest BCUT2D eigenvalue weighted by Gasteiger charge is -2.25. The molecule has 2 aromatic heterocycles. The molecular weight excluding hydrogens is 477 g/mol. The monoisotopic (exact) mass is 494 g/mol. The Kier molecular flexibility index (Phi) is 6.47. The highest BCUT2D eigenvalue weighted by Gasteiger charge is 2.34. The summed E-state index contributed by atoms with van der Waals surface area (Å²) in [6.07, 6.45) is -0.489. The number of anilines is 1. The molecule has 3 heterocycles. The number of nitrogens with zero attached hydrogens (tertiary/aromatic N) is 3. The van der Waals surface area contributed by atoms with Crippen LogP contribution in [0, 0.1) is 0 Å². The third-order valence-electron chi connectivity index (χ3n) is 5.26. The van der Waals surface area contributed by atoms with E-state index < -0.39 is 18.8 Å². The first-order chi connectivity index (χ1) is 16.1. The number of hydrogen-bond donors (Lipinski definition) is 1. The van der Waals surface area contributed by atoms with Crippen molar-refractivity contribution in [3.63, 3.8) is 0 Å². The summed E-state index contributed by atoms with van der Waals surface area (Å²) >= 11 is 6.11. The molecule has 0 bridgehead atoms. The van der Waals surface area contributed by atoms with Crippen molar-refractivity contribution in [2.75, 3.05) is 11.9 Å². The summed E-state index contributed by atoms with van der Waals surface area (Å²) in [5, 5.41) is 2.70. The normalized spacial score (nSPS) is 14.1. The standard InChI is InChI=1S/C22H18ClF3N4O4/c1-12(13-2-3-18(17(23)6-13)34-10-22(24,25)26)30-8-16-15(21(30)32)4-5-27-20(16)29-19(31)7-14-9-33-11-28-14/h2-6,9,11-12H,7-8,10H2,1H3,(H,27,29,31). The van der Waals surface area contributed by atoms with Gasteiger partial charge in [-0.25, -0.2) is 9.97 Å². The van der Waals surface area contributed by atoms with Crippen LogP contribution in [0.15, 0.2) is 47.5 Å². The van der Waals surface area contributed by atoms with Gasteiger partial charge in [-0.3, -0.25) is 9.59 Å². The first-order valence-corrected chi connectivity index (χ1v) is 10.4. The van der Waals surface area contributed by atoms with E-state index in [1.54, 1.807) is 24.0 Å². The van der Waals surface area contributed by atoms with E-state index in [2.05, 4.69) is 15.3 Å². The summed E-state index contributed by atoms with van der Waals surface area (Å²) < 4.78 is 46.8. The lowest BCUT2D eigenvalue weighted by Crippen LogP contribution is -2.27. The molecule has 1 unspecified atom stereocenters. The molecule has 0 saturated carbocycles. The minimum Gasteiger partial charge on any atom is -0.483 e. The second kappa shape index (κ2) is 9.34. The van der Waals surface area contributed by atoms with Crippen LogP contribution in [0.4, 0.5) is 19.0 Å². The third kappa shape index (κ3) is 5.14. The Morgan fingerprint density at radius 3 is 2.79 bits per heavy atom.